The summed E-state index contributed by atoms with van der Waals surface area (Å²) >= 11 is 5.91. The van der Waals surface area contributed by atoms with E-state index in [4.69, 9.17) is 16.9 Å². The molecule has 5 nitrogen and oxygen atoms in total. The number of rotatable bonds is 6. The summed E-state index contributed by atoms with van der Waals surface area (Å²) in [5.74, 6) is -0.369. The lowest BCUT2D eigenvalue weighted by atomic mass is 10.1. The second kappa shape index (κ2) is 8.70. The fourth-order valence-corrected chi connectivity index (χ4v) is 2.29. The lowest BCUT2D eigenvalue weighted by molar-refractivity contribution is -0.120. The Kier molecular flexibility index (Phi) is 6.35. The van der Waals surface area contributed by atoms with Gasteiger partial charge in [-0.15, -0.1) is 0 Å². The van der Waals surface area contributed by atoms with Crippen LogP contribution in [0, 0.1) is 11.3 Å². The summed E-state index contributed by atoms with van der Waals surface area (Å²) in [6.07, 6.45) is 0.436. The maximum Gasteiger partial charge on any atom is 0.226 e. The third-order valence-electron chi connectivity index (χ3n) is 3.26. The number of halogens is 1. The Bertz CT molecular complexity index is 770. The van der Waals surface area contributed by atoms with Gasteiger partial charge in [-0.2, -0.15) is 5.26 Å². The average Bonchev–Trinajstić information content (AvgIpc) is 2.56. The number of benzene rings is 2. The lowest BCUT2D eigenvalue weighted by Gasteiger charge is -2.07. The van der Waals surface area contributed by atoms with Crippen LogP contribution in [-0.4, -0.2) is 18.4 Å². The molecule has 0 atom stereocenters. The van der Waals surface area contributed by atoms with Crippen LogP contribution < -0.4 is 10.6 Å². The minimum atomic E-state index is -0.240. The van der Waals surface area contributed by atoms with Crippen LogP contribution in [0.2, 0.25) is 5.02 Å². The minimum absolute atomic E-state index is 0.129. The fourth-order valence-electron chi connectivity index (χ4n) is 2.07. The number of nitrogens with zero attached hydrogens (tertiary/aromatic N) is 1. The molecule has 0 unspecified atom stereocenters. The van der Waals surface area contributed by atoms with Crippen molar-refractivity contribution < 1.29 is 9.59 Å². The van der Waals surface area contributed by atoms with Gasteiger partial charge in [0, 0.05) is 18.7 Å². The van der Waals surface area contributed by atoms with Gasteiger partial charge in [-0.3, -0.25) is 9.59 Å². The molecule has 0 spiro atoms. The van der Waals surface area contributed by atoms with E-state index in [9.17, 15) is 9.59 Å². The Labute approximate surface area is 145 Å². The molecule has 2 amide bonds. The number of hydrogen-bond donors (Lipinski definition) is 2. The van der Waals surface area contributed by atoms with Gasteiger partial charge in [0.15, 0.2) is 0 Å². The van der Waals surface area contributed by atoms with Crippen molar-refractivity contribution in [3.05, 3.63) is 64.7 Å². The molecule has 0 heterocycles. The highest BCUT2D eigenvalue weighted by atomic mass is 35.5. The first-order valence-electron chi connectivity index (χ1n) is 7.38. The summed E-state index contributed by atoms with van der Waals surface area (Å²) in [7, 11) is 0. The highest BCUT2D eigenvalue weighted by Gasteiger charge is 2.07. The molecular formula is C18H16ClN3O2. The van der Waals surface area contributed by atoms with Gasteiger partial charge < -0.3 is 10.6 Å². The van der Waals surface area contributed by atoms with Crippen molar-refractivity contribution in [2.75, 3.05) is 11.9 Å². The molecule has 6 heteroatoms. The maximum absolute atomic E-state index is 11.8. The highest BCUT2D eigenvalue weighted by Crippen LogP contribution is 2.20. The van der Waals surface area contributed by atoms with Crippen LogP contribution in [0.3, 0.4) is 0 Å². The Hall–Kier alpha value is -2.84. The smallest absolute Gasteiger partial charge is 0.226 e. The third-order valence-corrected chi connectivity index (χ3v) is 3.57. The standard InChI is InChI=1S/C18H16ClN3O2/c19-16-11-15(7-6-14(16)12-20)22-17(23)8-9-21-18(24)10-13-4-2-1-3-5-13/h1-7,11H,8-10H2,(H,21,24)(H,22,23). The third kappa shape index (κ3) is 5.41. The van der Waals surface area contributed by atoms with Crippen molar-refractivity contribution >= 4 is 29.1 Å². The van der Waals surface area contributed by atoms with Crippen LogP contribution in [0.5, 0.6) is 0 Å². The molecule has 0 fully saturated rings. The molecule has 0 radical (unpaired) electrons. The van der Waals surface area contributed by atoms with E-state index >= 15 is 0 Å². The first-order chi connectivity index (χ1) is 11.6. The minimum Gasteiger partial charge on any atom is -0.355 e. The zero-order valence-corrected chi connectivity index (χ0v) is 13.6. The predicted octanol–water partition coefficient (Wildman–Crippen LogP) is 2.90. The van der Waals surface area contributed by atoms with Gasteiger partial charge >= 0.3 is 0 Å². The molecule has 0 aliphatic heterocycles. The molecule has 2 aromatic carbocycles. The summed E-state index contributed by atoms with van der Waals surface area (Å²) in [6.45, 7) is 0.251. The Morgan fingerprint density at radius 1 is 1.08 bits per heavy atom. The SMILES string of the molecule is N#Cc1ccc(NC(=O)CCNC(=O)Cc2ccccc2)cc1Cl. The van der Waals surface area contributed by atoms with Crippen molar-refractivity contribution in [1.29, 1.82) is 5.26 Å². The van der Waals surface area contributed by atoms with E-state index in [-0.39, 0.29) is 36.2 Å². The van der Waals surface area contributed by atoms with Crippen LogP contribution in [0.25, 0.3) is 0 Å². The monoisotopic (exact) mass is 341 g/mol. The molecule has 0 saturated carbocycles. The van der Waals surface area contributed by atoms with Gasteiger partial charge in [-0.1, -0.05) is 41.9 Å². The van der Waals surface area contributed by atoms with E-state index < -0.39 is 0 Å². The lowest BCUT2D eigenvalue weighted by Crippen LogP contribution is -2.28. The van der Waals surface area contributed by atoms with Crippen LogP contribution >= 0.6 is 11.6 Å². The summed E-state index contributed by atoms with van der Waals surface area (Å²) < 4.78 is 0. The normalized spacial score (nSPS) is 9.83. The van der Waals surface area contributed by atoms with Crippen molar-refractivity contribution in [3.63, 3.8) is 0 Å². The molecule has 122 valence electrons. The molecular weight excluding hydrogens is 326 g/mol. The van der Waals surface area contributed by atoms with Crippen LogP contribution in [0.4, 0.5) is 5.69 Å². The van der Waals surface area contributed by atoms with Gasteiger partial charge in [-0.25, -0.2) is 0 Å². The van der Waals surface area contributed by atoms with E-state index in [2.05, 4.69) is 10.6 Å². The van der Waals surface area contributed by atoms with Crippen molar-refractivity contribution in [3.8, 4) is 6.07 Å². The molecule has 0 bridgehead atoms. The topological polar surface area (TPSA) is 82.0 Å². The predicted molar refractivity (Wildman–Crippen MR) is 92.6 cm³/mol. The van der Waals surface area contributed by atoms with E-state index in [1.807, 2.05) is 36.4 Å². The van der Waals surface area contributed by atoms with E-state index in [1.54, 1.807) is 12.1 Å². The maximum atomic E-state index is 11.8. The fraction of sp³-hybridized carbons (Fsp3) is 0.167. The average molecular weight is 342 g/mol. The Balaban J connectivity index is 1.74. The van der Waals surface area contributed by atoms with Gasteiger partial charge in [0.2, 0.25) is 11.8 Å². The largest absolute Gasteiger partial charge is 0.355 e. The zero-order valence-electron chi connectivity index (χ0n) is 12.9. The van der Waals surface area contributed by atoms with E-state index in [0.717, 1.165) is 5.56 Å². The van der Waals surface area contributed by atoms with Crippen molar-refractivity contribution in [2.24, 2.45) is 0 Å². The second-order valence-corrected chi connectivity index (χ2v) is 5.52. The Morgan fingerprint density at radius 3 is 2.50 bits per heavy atom. The number of anilines is 1. The van der Waals surface area contributed by atoms with E-state index in [1.165, 1.54) is 6.07 Å². The van der Waals surface area contributed by atoms with Gasteiger partial charge in [-0.05, 0) is 23.8 Å². The van der Waals surface area contributed by atoms with Gasteiger partial charge in [0.05, 0.1) is 17.0 Å². The summed E-state index contributed by atoms with van der Waals surface area (Å²) in [5.41, 5.74) is 1.79. The summed E-state index contributed by atoms with van der Waals surface area (Å²) in [5, 5.41) is 14.5. The number of amides is 2. The summed E-state index contributed by atoms with van der Waals surface area (Å²) in [4.78, 5) is 23.6. The number of nitriles is 1. The summed E-state index contributed by atoms with van der Waals surface area (Å²) in [6, 6.07) is 16.0. The molecule has 2 rings (SSSR count). The molecule has 0 saturated heterocycles. The second-order valence-electron chi connectivity index (χ2n) is 5.12. The molecule has 0 aromatic heterocycles. The van der Waals surface area contributed by atoms with Crippen LogP contribution in [-0.2, 0) is 16.0 Å². The first-order valence-corrected chi connectivity index (χ1v) is 7.76. The molecule has 2 aromatic rings. The quantitative estimate of drug-likeness (QED) is 0.847. The molecule has 0 aliphatic rings. The van der Waals surface area contributed by atoms with Crippen molar-refractivity contribution in [2.45, 2.75) is 12.8 Å². The first kappa shape index (κ1) is 17.5. The van der Waals surface area contributed by atoms with Crippen LogP contribution in [0.15, 0.2) is 48.5 Å². The van der Waals surface area contributed by atoms with Gasteiger partial charge in [0.25, 0.3) is 0 Å². The van der Waals surface area contributed by atoms with Gasteiger partial charge in [0.1, 0.15) is 6.07 Å². The molecule has 0 aliphatic carbocycles. The number of carbonyl (C=O) groups is 2. The molecule has 2 N–H and O–H groups in total. The Morgan fingerprint density at radius 2 is 1.83 bits per heavy atom. The number of hydrogen-bond acceptors (Lipinski definition) is 3. The van der Waals surface area contributed by atoms with Crippen molar-refractivity contribution in [1.82, 2.24) is 5.32 Å². The van der Waals surface area contributed by atoms with E-state index in [0.29, 0.717) is 11.3 Å². The highest BCUT2D eigenvalue weighted by molar-refractivity contribution is 6.32. The number of nitrogens with one attached hydrogen (secondary N) is 2. The molecule has 24 heavy (non-hydrogen) atoms. The van der Waals surface area contributed by atoms with Crippen LogP contribution in [0.1, 0.15) is 17.5 Å². The number of carbonyl (C=O) groups excluding carboxylic acids is 2. The zero-order chi connectivity index (χ0) is 17.4.